The quantitative estimate of drug-likeness (QED) is 0.940. The Kier molecular flexibility index (Phi) is 3.73. The molecule has 1 heterocycles. The first-order valence-electron chi connectivity index (χ1n) is 5.74. The van der Waals surface area contributed by atoms with Crippen LogP contribution in [0.5, 0.6) is 0 Å². The van der Waals surface area contributed by atoms with Crippen molar-refractivity contribution in [3.05, 3.63) is 23.8 Å². The first-order valence-corrected chi connectivity index (χ1v) is 8.11. The van der Waals surface area contributed by atoms with Crippen LogP contribution in [0.2, 0.25) is 0 Å². The zero-order valence-corrected chi connectivity index (χ0v) is 12.2. The molecule has 2 aromatic rings. The average molecular weight is 295 g/mol. The molecule has 2 rings (SSSR count). The van der Waals surface area contributed by atoms with Gasteiger partial charge in [-0.25, -0.2) is 13.4 Å². The van der Waals surface area contributed by atoms with Gasteiger partial charge in [0.05, 0.1) is 16.3 Å². The van der Waals surface area contributed by atoms with Crippen LogP contribution in [0.4, 0.5) is 5.13 Å². The summed E-state index contributed by atoms with van der Waals surface area (Å²) in [5, 5.41) is 8.08. The van der Waals surface area contributed by atoms with Gasteiger partial charge in [0.15, 0.2) is 10.4 Å². The van der Waals surface area contributed by atoms with E-state index in [1.807, 2.05) is 25.1 Å². The Balaban J connectivity index is 2.34. The van der Waals surface area contributed by atoms with E-state index >= 15 is 0 Å². The first kappa shape index (κ1) is 13.8. The van der Waals surface area contributed by atoms with Crippen molar-refractivity contribution in [3.63, 3.8) is 0 Å². The summed E-state index contributed by atoms with van der Waals surface area (Å²) in [6.07, 6.45) is 0.246. The summed E-state index contributed by atoms with van der Waals surface area (Å²) in [7, 11) is -3.70. The Morgan fingerprint density at radius 1 is 1.53 bits per heavy atom. The zero-order valence-electron chi connectivity index (χ0n) is 10.5. The zero-order chi connectivity index (χ0) is 14.0. The number of fused-ring (bicyclic) bond motifs is 1. The van der Waals surface area contributed by atoms with Crippen molar-refractivity contribution in [2.24, 2.45) is 0 Å². The number of thiazole rings is 1. The van der Waals surface area contributed by atoms with Crippen molar-refractivity contribution in [2.75, 3.05) is 4.72 Å². The summed E-state index contributed by atoms with van der Waals surface area (Å²) in [6.45, 7) is 3.63. The number of nitrogens with zero attached hydrogens (tertiary/aromatic N) is 2. The lowest BCUT2D eigenvalue weighted by Crippen LogP contribution is -2.25. The first-order chi connectivity index (χ1) is 8.96. The lowest BCUT2D eigenvalue weighted by atomic mass is 10.2. The fourth-order valence-electron chi connectivity index (χ4n) is 1.65. The number of hydrogen-bond donors (Lipinski definition) is 1. The van der Waals surface area contributed by atoms with E-state index in [1.54, 1.807) is 13.0 Å². The highest BCUT2D eigenvalue weighted by molar-refractivity contribution is 7.93. The Morgan fingerprint density at radius 2 is 2.26 bits per heavy atom. The van der Waals surface area contributed by atoms with Gasteiger partial charge in [0.2, 0.25) is 0 Å². The van der Waals surface area contributed by atoms with Crippen molar-refractivity contribution >= 4 is 36.7 Å². The number of rotatable bonds is 4. The second-order valence-electron chi connectivity index (χ2n) is 4.16. The normalized spacial score (nSPS) is 13.1. The van der Waals surface area contributed by atoms with E-state index < -0.39 is 15.3 Å². The van der Waals surface area contributed by atoms with Gasteiger partial charge in [-0.3, -0.25) is 4.72 Å². The Bertz CT molecular complexity index is 744. The van der Waals surface area contributed by atoms with E-state index in [0.717, 1.165) is 15.8 Å². The third-order valence-corrected chi connectivity index (χ3v) is 5.39. The molecule has 0 aliphatic heterocycles. The molecule has 0 bridgehead atoms. The minimum atomic E-state index is -3.70. The molecule has 19 heavy (non-hydrogen) atoms. The van der Waals surface area contributed by atoms with Crippen molar-refractivity contribution in [1.82, 2.24) is 4.98 Å². The predicted molar refractivity (Wildman–Crippen MR) is 76.6 cm³/mol. The molecule has 0 aliphatic carbocycles. The molecular formula is C12H13N3O2S2. The van der Waals surface area contributed by atoms with Gasteiger partial charge in [0.1, 0.15) is 0 Å². The van der Waals surface area contributed by atoms with Crippen molar-refractivity contribution in [3.8, 4) is 6.07 Å². The summed E-state index contributed by atoms with van der Waals surface area (Å²) in [6, 6.07) is 7.50. The molecule has 1 atom stereocenters. The van der Waals surface area contributed by atoms with Gasteiger partial charge >= 0.3 is 0 Å². The van der Waals surface area contributed by atoms with Crippen LogP contribution in [0.3, 0.4) is 0 Å². The van der Waals surface area contributed by atoms with E-state index in [2.05, 4.69) is 9.71 Å². The van der Waals surface area contributed by atoms with Gasteiger partial charge in [-0.2, -0.15) is 5.26 Å². The summed E-state index contributed by atoms with van der Waals surface area (Å²) < 4.78 is 27.2. The van der Waals surface area contributed by atoms with E-state index in [0.29, 0.717) is 5.13 Å². The fourth-order valence-corrected chi connectivity index (χ4v) is 3.99. The molecule has 0 saturated heterocycles. The number of benzene rings is 1. The van der Waals surface area contributed by atoms with Gasteiger partial charge in [0.25, 0.3) is 10.0 Å². The summed E-state index contributed by atoms with van der Waals surface area (Å²) in [4.78, 5) is 4.21. The molecule has 1 unspecified atom stereocenters. The molecule has 0 saturated carbocycles. The molecular weight excluding hydrogens is 282 g/mol. The highest BCUT2D eigenvalue weighted by atomic mass is 32.2. The number of aromatic nitrogens is 1. The molecule has 0 amide bonds. The van der Waals surface area contributed by atoms with Gasteiger partial charge in [-0.05, 0) is 31.0 Å². The van der Waals surface area contributed by atoms with Gasteiger partial charge in [0, 0.05) is 0 Å². The van der Waals surface area contributed by atoms with Crippen LogP contribution >= 0.6 is 11.3 Å². The number of anilines is 1. The molecule has 1 aromatic carbocycles. The third-order valence-electron chi connectivity index (χ3n) is 2.66. The third kappa shape index (κ3) is 2.85. The van der Waals surface area contributed by atoms with Crippen LogP contribution < -0.4 is 4.72 Å². The molecule has 0 fully saturated rings. The van der Waals surface area contributed by atoms with Gasteiger partial charge < -0.3 is 0 Å². The molecule has 0 radical (unpaired) electrons. The summed E-state index contributed by atoms with van der Waals surface area (Å²) in [5.41, 5.74) is 1.84. The Hall–Kier alpha value is -1.65. The summed E-state index contributed by atoms with van der Waals surface area (Å²) >= 11 is 1.27. The van der Waals surface area contributed by atoms with E-state index in [9.17, 15) is 8.42 Å². The van der Waals surface area contributed by atoms with E-state index in [4.69, 9.17) is 5.26 Å². The number of aryl methyl sites for hydroxylation is 1. The lowest BCUT2D eigenvalue weighted by Gasteiger charge is -2.07. The van der Waals surface area contributed by atoms with Crippen LogP contribution in [0.25, 0.3) is 10.2 Å². The molecule has 1 aromatic heterocycles. The number of sulfonamides is 1. The fraction of sp³-hybridized carbons (Fsp3) is 0.333. The molecule has 7 heteroatoms. The highest BCUT2D eigenvalue weighted by Crippen LogP contribution is 2.27. The van der Waals surface area contributed by atoms with Crippen LogP contribution in [0.1, 0.15) is 18.9 Å². The van der Waals surface area contributed by atoms with Crippen molar-refractivity contribution < 1.29 is 8.42 Å². The van der Waals surface area contributed by atoms with Crippen molar-refractivity contribution in [1.29, 1.82) is 5.26 Å². The monoisotopic (exact) mass is 295 g/mol. The molecule has 0 aliphatic rings. The largest absolute Gasteiger partial charge is 0.257 e. The van der Waals surface area contributed by atoms with Crippen molar-refractivity contribution in [2.45, 2.75) is 25.5 Å². The van der Waals surface area contributed by atoms with Gasteiger partial charge in [-0.15, -0.1) is 0 Å². The minimum Gasteiger partial charge on any atom is -0.257 e. The molecule has 0 spiro atoms. The Labute approximate surface area is 116 Å². The number of nitrogens with one attached hydrogen (secondary N) is 1. The second kappa shape index (κ2) is 5.15. The smallest absolute Gasteiger partial charge is 0.250 e. The minimum absolute atomic E-state index is 0.246. The highest BCUT2D eigenvalue weighted by Gasteiger charge is 2.24. The van der Waals surface area contributed by atoms with Crippen LogP contribution in [-0.2, 0) is 10.0 Å². The molecule has 5 nitrogen and oxygen atoms in total. The average Bonchev–Trinajstić information content (AvgIpc) is 2.70. The maximum absolute atomic E-state index is 11.9. The topological polar surface area (TPSA) is 82.8 Å². The summed E-state index contributed by atoms with van der Waals surface area (Å²) in [5.74, 6) is 0. The maximum atomic E-state index is 11.9. The van der Waals surface area contributed by atoms with Crippen LogP contribution in [-0.4, -0.2) is 18.7 Å². The SMILES string of the molecule is CCC(C#N)S(=O)(=O)Nc1nc2ccc(C)cc2s1. The van der Waals surface area contributed by atoms with Crippen LogP contribution in [0, 0.1) is 18.3 Å². The van der Waals surface area contributed by atoms with Gasteiger partial charge in [-0.1, -0.05) is 24.3 Å². The molecule has 100 valence electrons. The maximum Gasteiger partial charge on any atom is 0.250 e. The predicted octanol–water partition coefficient (Wildman–Crippen LogP) is 2.65. The standard InChI is InChI=1S/C12H13N3O2S2/c1-3-9(7-13)19(16,17)15-12-14-10-5-4-8(2)6-11(10)18-12/h4-6,9H,3H2,1-2H3,(H,14,15). The molecule has 1 N–H and O–H groups in total. The lowest BCUT2D eigenvalue weighted by molar-refractivity contribution is 0.593. The number of nitriles is 1. The second-order valence-corrected chi connectivity index (χ2v) is 7.06. The van der Waals surface area contributed by atoms with E-state index in [-0.39, 0.29) is 6.42 Å². The number of hydrogen-bond acceptors (Lipinski definition) is 5. The van der Waals surface area contributed by atoms with E-state index in [1.165, 1.54) is 11.3 Å². The Morgan fingerprint density at radius 3 is 2.89 bits per heavy atom. The van der Waals surface area contributed by atoms with Crippen LogP contribution in [0.15, 0.2) is 18.2 Å².